The van der Waals surface area contributed by atoms with Crippen molar-refractivity contribution in [1.82, 2.24) is 4.90 Å². The average Bonchev–Trinajstić information content (AvgIpc) is 2.47. The summed E-state index contributed by atoms with van der Waals surface area (Å²) in [6.45, 7) is 6.57. The molecule has 1 N–H and O–H groups in total. The van der Waals surface area contributed by atoms with Gasteiger partial charge < -0.3 is 5.11 Å². The molecule has 0 aromatic heterocycles. The molecule has 2 rings (SSSR count). The molecule has 3 heteroatoms. The molecule has 1 heterocycles. The molecule has 116 valence electrons. The summed E-state index contributed by atoms with van der Waals surface area (Å²) >= 11 is 0. The number of carboxylic acid groups (broad SMARTS) is 1. The maximum absolute atomic E-state index is 10.6. The summed E-state index contributed by atoms with van der Waals surface area (Å²) in [7, 11) is 0. The monoisotopic (exact) mass is 289 g/mol. The molecule has 1 saturated heterocycles. The lowest BCUT2D eigenvalue weighted by atomic mass is 9.90. The van der Waals surface area contributed by atoms with E-state index >= 15 is 0 Å². The first-order chi connectivity index (χ1) is 10.1. The molecule has 1 aromatic carbocycles. The van der Waals surface area contributed by atoms with Crippen LogP contribution in [0.1, 0.15) is 61.3 Å². The quantitative estimate of drug-likeness (QED) is 0.802. The summed E-state index contributed by atoms with van der Waals surface area (Å²) in [5, 5.41) is 8.73. The van der Waals surface area contributed by atoms with Crippen LogP contribution in [0.2, 0.25) is 0 Å². The summed E-state index contributed by atoms with van der Waals surface area (Å²) in [5.41, 5.74) is 4.25. The van der Waals surface area contributed by atoms with Crippen LogP contribution in [-0.2, 0) is 4.79 Å². The number of aryl methyl sites for hydroxylation is 1. The minimum atomic E-state index is -0.681. The van der Waals surface area contributed by atoms with E-state index in [1.807, 2.05) is 0 Å². The van der Waals surface area contributed by atoms with E-state index in [0.717, 1.165) is 25.9 Å². The predicted octanol–water partition coefficient (Wildman–Crippen LogP) is 4.09. The Morgan fingerprint density at radius 3 is 2.86 bits per heavy atom. The van der Waals surface area contributed by atoms with Crippen LogP contribution >= 0.6 is 0 Å². The van der Waals surface area contributed by atoms with Crippen LogP contribution in [-0.4, -0.2) is 29.1 Å². The molecule has 0 aliphatic carbocycles. The number of benzene rings is 1. The fourth-order valence-electron chi connectivity index (χ4n) is 3.34. The number of piperidine rings is 1. The Labute approximate surface area is 128 Å². The second-order valence-electron chi connectivity index (χ2n) is 6.19. The standard InChI is InChI=1S/C18H27NO2/c1-14-8-7-9-16(15(14)2)17-10-3-5-12-19(17)13-6-4-11-18(20)21/h7-9,17H,3-6,10-13H2,1-2H3,(H,20,21)/t17-/m1/s1. The third kappa shape index (κ3) is 4.31. The van der Waals surface area contributed by atoms with Crippen molar-refractivity contribution in [2.75, 3.05) is 13.1 Å². The number of rotatable bonds is 6. The summed E-state index contributed by atoms with van der Waals surface area (Å²) < 4.78 is 0. The van der Waals surface area contributed by atoms with Crippen LogP contribution in [0.3, 0.4) is 0 Å². The van der Waals surface area contributed by atoms with Gasteiger partial charge in [-0.25, -0.2) is 0 Å². The molecular weight excluding hydrogens is 262 g/mol. The van der Waals surface area contributed by atoms with Gasteiger partial charge in [-0.05, 0) is 69.3 Å². The molecule has 1 aromatic rings. The Morgan fingerprint density at radius 1 is 1.29 bits per heavy atom. The smallest absolute Gasteiger partial charge is 0.303 e. The molecule has 3 nitrogen and oxygen atoms in total. The Bertz CT molecular complexity index is 484. The summed E-state index contributed by atoms with van der Waals surface area (Å²) in [5.74, 6) is -0.681. The molecule has 0 unspecified atom stereocenters. The van der Waals surface area contributed by atoms with Crippen LogP contribution < -0.4 is 0 Å². The van der Waals surface area contributed by atoms with Gasteiger partial charge in [0.2, 0.25) is 0 Å². The zero-order valence-corrected chi connectivity index (χ0v) is 13.3. The van der Waals surface area contributed by atoms with Crippen molar-refractivity contribution in [2.45, 2.75) is 58.4 Å². The highest BCUT2D eigenvalue weighted by Crippen LogP contribution is 2.33. The third-order valence-corrected chi connectivity index (χ3v) is 4.71. The van der Waals surface area contributed by atoms with Crippen molar-refractivity contribution in [3.63, 3.8) is 0 Å². The number of aliphatic carboxylic acids is 1. The number of hydrogen-bond acceptors (Lipinski definition) is 2. The largest absolute Gasteiger partial charge is 0.481 e. The molecule has 1 aliphatic heterocycles. The van der Waals surface area contributed by atoms with Gasteiger partial charge in [0.1, 0.15) is 0 Å². The maximum atomic E-state index is 10.6. The predicted molar refractivity (Wildman–Crippen MR) is 85.6 cm³/mol. The van der Waals surface area contributed by atoms with E-state index in [0.29, 0.717) is 12.5 Å². The molecule has 1 atom stereocenters. The van der Waals surface area contributed by atoms with Crippen LogP contribution in [0.5, 0.6) is 0 Å². The summed E-state index contributed by atoms with van der Waals surface area (Å²) in [6, 6.07) is 7.12. The number of likely N-dealkylation sites (tertiary alicyclic amines) is 1. The minimum Gasteiger partial charge on any atom is -0.481 e. The summed E-state index contributed by atoms with van der Waals surface area (Å²) in [4.78, 5) is 13.2. The lowest BCUT2D eigenvalue weighted by molar-refractivity contribution is -0.137. The van der Waals surface area contributed by atoms with E-state index in [1.54, 1.807) is 0 Å². The maximum Gasteiger partial charge on any atom is 0.303 e. The van der Waals surface area contributed by atoms with Crippen molar-refractivity contribution >= 4 is 5.97 Å². The minimum absolute atomic E-state index is 0.294. The zero-order valence-electron chi connectivity index (χ0n) is 13.3. The molecule has 0 radical (unpaired) electrons. The molecule has 0 spiro atoms. The Morgan fingerprint density at radius 2 is 2.10 bits per heavy atom. The number of carbonyl (C=O) groups is 1. The molecular formula is C18H27NO2. The van der Waals surface area contributed by atoms with E-state index < -0.39 is 5.97 Å². The topological polar surface area (TPSA) is 40.5 Å². The molecule has 0 bridgehead atoms. The second kappa shape index (κ2) is 7.60. The fraction of sp³-hybridized carbons (Fsp3) is 0.611. The van der Waals surface area contributed by atoms with Gasteiger partial charge in [-0.1, -0.05) is 24.6 Å². The van der Waals surface area contributed by atoms with Crippen molar-refractivity contribution in [3.05, 3.63) is 34.9 Å². The van der Waals surface area contributed by atoms with Gasteiger partial charge in [-0.2, -0.15) is 0 Å². The van der Waals surface area contributed by atoms with E-state index in [4.69, 9.17) is 5.11 Å². The molecule has 1 aliphatic rings. The van der Waals surface area contributed by atoms with Gasteiger partial charge in [0.15, 0.2) is 0 Å². The lowest BCUT2D eigenvalue weighted by Crippen LogP contribution is -2.34. The number of nitrogens with zero attached hydrogens (tertiary/aromatic N) is 1. The Balaban J connectivity index is 2.01. The first-order valence-corrected chi connectivity index (χ1v) is 8.11. The highest BCUT2D eigenvalue weighted by Gasteiger charge is 2.24. The number of carboxylic acids is 1. The highest BCUT2D eigenvalue weighted by atomic mass is 16.4. The van der Waals surface area contributed by atoms with Crippen LogP contribution in [0.4, 0.5) is 0 Å². The normalized spacial score (nSPS) is 19.6. The summed E-state index contributed by atoms with van der Waals surface area (Å²) in [6.07, 6.45) is 5.84. The van der Waals surface area contributed by atoms with Gasteiger partial charge in [-0.15, -0.1) is 0 Å². The highest BCUT2D eigenvalue weighted by molar-refractivity contribution is 5.66. The molecule has 1 fully saturated rings. The molecule has 0 saturated carbocycles. The van der Waals surface area contributed by atoms with E-state index in [9.17, 15) is 4.79 Å². The Kier molecular flexibility index (Phi) is 5.80. The van der Waals surface area contributed by atoms with Crippen molar-refractivity contribution < 1.29 is 9.90 Å². The number of hydrogen-bond donors (Lipinski definition) is 1. The third-order valence-electron chi connectivity index (χ3n) is 4.71. The Hall–Kier alpha value is -1.35. The van der Waals surface area contributed by atoms with Gasteiger partial charge in [-0.3, -0.25) is 9.69 Å². The van der Waals surface area contributed by atoms with Crippen molar-refractivity contribution in [2.24, 2.45) is 0 Å². The first-order valence-electron chi connectivity index (χ1n) is 8.11. The lowest BCUT2D eigenvalue weighted by Gasteiger charge is -2.37. The number of unbranched alkanes of at least 4 members (excludes halogenated alkanes) is 1. The average molecular weight is 289 g/mol. The molecule has 21 heavy (non-hydrogen) atoms. The van der Waals surface area contributed by atoms with Gasteiger partial charge >= 0.3 is 5.97 Å². The van der Waals surface area contributed by atoms with Crippen molar-refractivity contribution in [1.29, 1.82) is 0 Å². The van der Waals surface area contributed by atoms with Gasteiger partial charge in [0.25, 0.3) is 0 Å². The fourth-order valence-corrected chi connectivity index (χ4v) is 3.34. The molecule has 0 amide bonds. The van der Waals surface area contributed by atoms with Crippen LogP contribution in [0.15, 0.2) is 18.2 Å². The van der Waals surface area contributed by atoms with Crippen molar-refractivity contribution in [3.8, 4) is 0 Å². The van der Waals surface area contributed by atoms with Gasteiger partial charge in [0.05, 0.1) is 0 Å². The van der Waals surface area contributed by atoms with Gasteiger partial charge in [0, 0.05) is 12.5 Å². The van der Waals surface area contributed by atoms with E-state index in [-0.39, 0.29) is 0 Å². The second-order valence-corrected chi connectivity index (χ2v) is 6.19. The SMILES string of the molecule is Cc1cccc([C@H]2CCCCN2CCCCC(=O)O)c1C. The zero-order chi connectivity index (χ0) is 15.2. The first kappa shape index (κ1) is 16.0. The van der Waals surface area contributed by atoms with E-state index in [2.05, 4.69) is 36.9 Å². The van der Waals surface area contributed by atoms with E-state index in [1.165, 1.54) is 36.0 Å². The van der Waals surface area contributed by atoms with Crippen LogP contribution in [0.25, 0.3) is 0 Å². The van der Waals surface area contributed by atoms with Crippen LogP contribution in [0, 0.1) is 13.8 Å².